The molecular formula is C14H28O3. The van der Waals surface area contributed by atoms with E-state index in [1.165, 1.54) is 0 Å². The van der Waals surface area contributed by atoms with Gasteiger partial charge < -0.3 is 14.6 Å². The first kappa shape index (κ1) is 14.9. The molecule has 1 aliphatic rings. The van der Waals surface area contributed by atoms with Crippen LogP contribution in [0.25, 0.3) is 0 Å². The summed E-state index contributed by atoms with van der Waals surface area (Å²) in [6, 6.07) is 0. The Balaban J connectivity index is 2.61. The highest BCUT2D eigenvalue weighted by molar-refractivity contribution is 5.11. The lowest BCUT2D eigenvalue weighted by Crippen LogP contribution is -2.34. The van der Waals surface area contributed by atoms with Gasteiger partial charge in [0.15, 0.2) is 12.6 Å². The van der Waals surface area contributed by atoms with E-state index in [0.29, 0.717) is 12.5 Å². The first-order valence-corrected chi connectivity index (χ1v) is 6.70. The van der Waals surface area contributed by atoms with Crippen LogP contribution in [0.4, 0.5) is 0 Å². The number of aliphatic hydroxyl groups is 1. The third-order valence-corrected chi connectivity index (χ3v) is 3.95. The van der Waals surface area contributed by atoms with E-state index < -0.39 is 6.29 Å². The topological polar surface area (TPSA) is 38.7 Å². The first-order valence-electron chi connectivity index (χ1n) is 6.70. The number of aliphatic hydroxyl groups excluding tert-OH is 1. The van der Waals surface area contributed by atoms with Crippen molar-refractivity contribution in [3.05, 3.63) is 0 Å². The highest BCUT2D eigenvalue weighted by atomic mass is 16.7. The highest BCUT2D eigenvalue weighted by Gasteiger charge is 2.65. The summed E-state index contributed by atoms with van der Waals surface area (Å²) in [7, 11) is 0. The molecule has 0 aliphatic heterocycles. The molecule has 0 aromatic carbocycles. The molecule has 3 atom stereocenters. The minimum absolute atomic E-state index is 0.0907. The van der Waals surface area contributed by atoms with Gasteiger partial charge in [0, 0.05) is 12.0 Å². The molecule has 1 fully saturated rings. The molecule has 3 heteroatoms. The third-order valence-electron chi connectivity index (χ3n) is 3.95. The molecule has 0 spiro atoms. The maximum absolute atomic E-state index is 10.3. The summed E-state index contributed by atoms with van der Waals surface area (Å²) in [5.74, 6) is 0.567. The van der Waals surface area contributed by atoms with Gasteiger partial charge in [0.05, 0.1) is 0 Å². The van der Waals surface area contributed by atoms with Crippen molar-refractivity contribution in [3.8, 4) is 0 Å². The van der Waals surface area contributed by atoms with Crippen LogP contribution in [-0.2, 0) is 9.47 Å². The number of rotatable bonds is 7. The van der Waals surface area contributed by atoms with Gasteiger partial charge in [-0.15, -0.1) is 0 Å². The van der Waals surface area contributed by atoms with Crippen molar-refractivity contribution in [2.24, 2.45) is 16.7 Å². The van der Waals surface area contributed by atoms with Crippen molar-refractivity contribution in [2.45, 2.75) is 67.0 Å². The lowest BCUT2D eigenvalue weighted by atomic mass is 9.86. The fraction of sp³-hybridized carbons (Fsp3) is 1.00. The zero-order valence-electron chi connectivity index (χ0n) is 12.1. The lowest BCUT2D eigenvalue weighted by Gasteiger charge is -2.30. The molecule has 0 saturated heterocycles. The van der Waals surface area contributed by atoms with E-state index in [4.69, 9.17) is 9.47 Å². The second-order valence-corrected chi connectivity index (χ2v) is 6.33. The molecule has 0 amide bonds. The molecular weight excluding hydrogens is 216 g/mol. The van der Waals surface area contributed by atoms with Crippen molar-refractivity contribution < 1.29 is 14.6 Å². The smallest absolute Gasteiger partial charge is 0.163 e. The Bertz CT molecular complexity index is 250. The summed E-state index contributed by atoms with van der Waals surface area (Å²) in [6.07, 6.45) is 0.968. The number of hydrogen-bond donors (Lipinski definition) is 1. The summed E-state index contributed by atoms with van der Waals surface area (Å²) in [5.41, 5.74) is 0.0785. The van der Waals surface area contributed by atoms with E-state index in [9.17, 15) is 5.11 Å². The quantitative estimate of drug-likeness (QED) is 0.699. The molecule has 3 unspecified atom stereocenters. The Morgan fingerprint density at radius 2 is 1.76 bits per heavy atom. The minimum Gasteiger partial charge on any atom is -0.367 e. The van der Waals surface area contributed by atoms with Gasteiger partial charge in [-0.2, -0.15) is 0 Å². The van der Waals surface area contributed by atoms with E-state index in [2.05, 4.69) is 27.7 Å². The van der Waals surface area contributed by atoms with Crippen molar-refractivity contribution in [1.82, 2.24) is 0 Å². The molecule has 17 heavy (non-hydrogen) atoms. The van der Waals surface area contributed by atoms with E-state index >= 15 is 0 Å². The van der Waals surface area contributed by atoms with Crippen molar-refractivity contribution >= 4 is 0 Å². The molecule has 0 aromatic rings. The van der Waals surface area contributed by atoms with Gasteiger partial charge in [-0.1, -0.05) is 27.7 Å². The van der Waals surface area contributed by atoms with Crippen molar-refractivity contribution in [2.75, 3.05) is 6.61 Å². The Hall–Kier alpha value is -0.120. The Morgan fingerprint density at radius 3 is 2.12 bits per heavy atom. The average Bonchev–Trinajstić information content (AvgIpc) is 2.68. The summed E-state index contributed by atoms with van der Waals surface area (Å²) in [5, 5.41) is 10.3. The zero-order chi connectivity index (χ0) is 13.3. The van der Waals surface area contributed by atoms with Crippen LogP contribution in [0, 0.1) is 16.7 Å². The standard InChI is InChI=1S/C14H28O3/c1-7-16-11(4)17-12(15)14(8-10(2)3)9-13(14,5)6/h10-12,15H,7-9H2,1-6H3. The van der Waals surface area contributed by atoms with Gasteiger partial charge in [0.1, 0.15) is 0 Å². The molecule has 1 saturated carbocycles. The summed E-state index contributed by atoms with van der Waals surface area (Å²) in [6.45, 7) is 13.2. The SMILES string of the molecule is CCOC(C)OC(O)C1(CC(C)C)CC1(C)C. The normalized spacial score (nSPS) is 30.4. The van der Waals surface area contributed by atoms with Gasteiger partial charge in [0.25, 0.3) is 0 Å². The zero-order valence-corrected chi connectivity index (χ0v) is 12.1. The Kier molecular flexibility index (Phi) is 4.61. The molecule has 0 bridgehead atoms. The maximum atomic E-state index is 10.3. The molecule has 1 aliphatic carbocycles. The van der Waals surface area contributed by atoms with E-state index in [1.54, 1.807) is 0 Å². The van der Waals surface area contributed by atoms with Crippen LogP contribution < -0.4 is 0 Å². The largest absolute Gasteiger partial charge is 0.367 e. The monoisotopic (exact) mass is 244 g/mol. The van der Waals surface area contributed by atoms with Gasteiger partial charge in [-0.05, 0) is 38.0 Å². The number of ether oxygens (including phenoxy) is 2. The van der Waals surface area contributed by atoms with E-state index in [1.807, 2.05) is 13.8 Å². The molecule has 1 N–H and O–H groups in total. The van der Waals surface area contributed by atoms with Gasteiger partial charge in [-0.25, -0.2) is 0 Å². The average molecular weight is 244 g/mol. The summed E-state index contributed by atoms with van der Waals surface area (Å²) >= 11 is 0. The van der Waals surface area contributed by atoms with Gasteiger partial charge in [0.2, 0.25) is 0 Å². The van der Waals surface area contributed by atoms with Gasteiger partial charge in [-0.3, -0.25) is 0 Å². The van der Waals surface area contributed by atoms with Crippen molar-refractivity contribution in [1.29, 1.82) is 0 Å². The maximum Gasteiger partial charge on any atom is 0.163 e. The minimum atomic E-state index is -0.721. The molecule has 3 nitrogen and oxygen atoms in total. The fourth-order valence-electron chi connectivity index (χ4n) is 2.93. The van der Waals surface area contributed by atoms with Crippen LogP contribution in [0.5, 0.6) is 0 Å². The van der Waals surface area contributed by atoms with Crippen LogP contribution in [0.1, 0.15) is 54.4 Å². The molecule has 0 aromatic heterocycles. The second kappa shape index (κ2) is 5.25. The fourth-order valence-corrected chi connectivity index (χ4v) is 2.93. The second-order valence-electron chi connectivity index (χ2n) is 6.33. The third kappa shape index (κ3) is 3.21. The van der Waals surface area contributed by atoms with Crippen LogP contribution in [-0.4, -0.2) is 24.3 Å². The van der Waals surface area contributed by atoms with Crippen molar-refractivity contribution in [3.63, 3.8) is 0 Å². The Morgan fingerprint density at radius 1 is 1.24 bits per heavy atom. The summed E-state index contributed by atoms with van der Waals surface area (Å²) in [4.78, 5) is 0. The van der Waals surface area contributed by atoms with Gasteiger partial charge >= 0.3 is 0 Å². The van der Waals surface area contributed by atoms with Crippen LogP contribution >= 0.6 is 0 Å². The predicted molar refractivity (Wildman–Crippen MR) is 68.5 cm³/mol. The molecule has 1 rings (SSSR count). The molecule has 102 valence electrons. The van der Waals surface area contributed by atoms with E-state index in [0.717, 1.165) is 12.8 Å². The first-order chi connectivity index (χ1) is 7.75. The predicted octanol–water partition coefficient (Wildman–Crippen LogP) is 3.17. The van der Waals surface area contributed by atoms with Crippen LogP contribution in [0.3, 0.4) is 0 Å². The summed E-state index contributed by atoms with van der Waals surface area (Å²) < 4.78 is 10.9. The highest BCUT2D eigenvalue weighted by Crippen LogP contribution is 2.68. The van der Waals surface area contributed by atoms with Crippen LogP contribution in [0.15, 0.2) is 0 Å². The lowest BCUT2D eigenvalue weighted by molar-refractivity contribution is -0.248. The van der Waals surface area contributed by atoms with E-state index in [-0.39, 0.29) is 17.1 Å². The van der Waals surface area contributed by atoms with Crippen LogP contribution in [0.2, 0.25) is 0 Å². The molecule has 0 radical (unpaired) electrons. The Labute approximate surface area is 105 Å². The molecule has 0 heterocycles. The number of hydrogen-bond acceptors (Lipinski definition) is 3.